The summed E-state index contributed by atoms with van der Waals surface area (Å²) >= 11 is 0. The fourth-order valence-corrected chi connectivity index (χ4v) is 0.598. The molecule has 3 nitrogen and oxygen atoms in total. The molecule has 56 valence electrons. The summed E-state index contributed by atoms with van der Waals surface area (Å²) in [4.78, 5) is 3.88. The summed E-state index contributed by atoms with van der Waals surface area (Å²) in [6.45, 7) is 4.62. The second-order valence-corrected chi connectivity index (χ2v) is 2.42. The first-order valence-corrected chi connectivity index (χ1v) is 3.36. The molecule has 0 aliphatic rings. The maximum absolute atomic E-state index is 5.31. The number of hydrogen-bond donors (Lipinski definition) is 0. The molecule has 0 saturated heterocycles. The Labute approximate surface area is 60.6 Å². The van der Waals surface area contributed by atoms with E-state index < -0.39 is 0 Å². The van der Waals surface area contributed by atoms with Gasteiger partial charge in [0.25, 0.3) is 0 Å². The van der Waals surface area contributed by atoms with Crippen LogP contribution in [0.25, 0.3) is 0 Å². The van der Waals surface area contributed by atoms with E-state index in [1.807, 2.05) is 24.6 Å². The van der Waals surface area contributed by atoms with Gasteiger partial charge in [0.05, 0.1) is 12.4 Å². The predicted molar refractivity (Wildman–Crippen MR) is 38.4 cm³/mol. The van der Waals surface area contributed by atoms with E-state index >= 15 is 0 Å². The molecule has 0 amide bonds. The van der Waals surface area contributed by atoms with Crippen LogP contribution in [0.5, 0.6) is 0 Å². The van der Waals surface area contributed by atoms with Gasteiger partial charge < -0.3 is 9.30 Å². The lowest BCUT2D eigenvalue weighted by molar-refractivity contribution is 0.0286. The Hall–Kier alpha value is -0.830. The highest BCUT2D eigenvalue weighted by Crippen LogP contribution is 1.91. The zero-order valence-corrected chi connectivity index (χ0v) is 6.32. The van der Waals surface area contributed by atoms with Gasteiger partial charge in [-0.25, -0.2) is 4.98 Å². The Morgan fingerprint density at radius 3 is 2.90 bits per heavy atom. The van der Waals surface area contributed by atoms with Crippen LogP contribution in [0.4, 0.5) is 0 Å². The SMILES string of the molecule is CC(C)OCn1ccnc1. The van der Waals surface area contributed by atoms with Crippen LogP contribution >= 0.6 is 0 Å². The Balaban J connectivity index is 2.28. The zero-order chi connectivity index (χ0) is 7.40. The number of rotatable bonds is 3. The maximum atomic E-state index is 5.31. The molecule has 1 heterocycles. The molecule has 0 atom stereocenters. The minimum atomic E-state index is 0.280. The van der Waals surface area contributed by atoms with E-state index in [1.165, 1.54) is 0 Å². The molecular weight excluding hydrogens is 128 g/mol. The molecule has 1 rings (SSSR count). The van der Waals surface area contributed by atoms with Gasteiger partial charge in [0.15, 0.2) is 0 Å². The summed E-state index contributed by atoms with van der Waals surface area (Å²) in [5, 5.41) is 0. The molecule has 0 fully saturated rings. The Kier molecular flexibility index (Phi) is 2.45. The van der Waals surface area contributed by atoms with Gasteiger partial charge in [-0.1, -0.05) is 0 Å². The molecule has 0 spiro atoms. The average molecular weight is 140 g/mol. The van der Waals surface area contributed by atoms with Gasteiger partial charge in [-0.3, -0.25) is 0 Å². The standard InChI is InChI=1S/C7H12N2O/c1-7(2)10-6-9-4-3-8-5-9/h3-5,7H,6H2,1-2H3. The lowest BCUT2D eigenvalue weighted by Gasteiger charge is -2.06. The van der Waals surface area contributed by atoms with Gasteiger partial charge in [0.1, 0.15) is 6.73 Å². The van der Waals surface area contributed by atoms with Gasteiger partial charge in [0, 0.05) is 12.4 Å². The van der Waals surface area contributed by atoms with Crippen LogP contribution in [0, 0.1) is 0 Å². The van der Waals surface area contributed by atoms with E-state index in [0.717, 1.165) is 0 Å². The van der Waals surface area contributed by atoms with Crippen LogP contribution in [-0.2, 0) is 11.5 Å². The third-order valence-electron chi connectivity index (χ3n) is 1.12. The first kappa shape index (κ1) is 7.28. The van der Waals surface area contributed by atoms with Crippen LogP contribution in [0.1, 0.15) is 13.8 Å². The van der Waals surface area contributed by atoms with Crippen LogP contribution < -0.4 is 0 Å². The first-order chi connectivity index (χ1) is 4.79. The minimum Gasteiger partial charge on any atom is -0.358 e. The van der Waals surface area contributed by atoms with Gasteiger partial charge >= 0.3 is 0 Å². The highest BCUT2D eigenvalue weighted by molar-refractivity contribution is 4.72. The van der Waals surface area contributed by atoms with Crippen molar-refractivity contribution in [3.63, 3.8) is 0 Å². The molecule has 0 saturated carbocycles. The van der Waals surface area contributed by atoms with E-state index in [-0.39, 0.29) is 6.10 Å². The van der Waals surface area contributed by atoms with E-state index in [0.29, 0.717) is 6.73 Å². The number of nitrogens with zero attached hydrogens (tertiary/aromatic N) is 2. The maximum Gasteiger partial charge on any atom is 0.124 e. The molecule has 0 aromatic carbocycles. The van der Waals surface area contributed by atoms with E-state index in [9.17, 15) is 0 Å². The number of aromatic nitrogens is 2. The van der Waals surface area contributed by atoms with Crippen LogP contribution in [0.15, 0.2) is 18.7 Å². The van der Waals surface area contributed by atoms with Gasteiger partial charge in [-0.15, -0.1) is 0 Å². The van der Waals surface area contributed by atoms with Crippen molar-refractivity contribution in [2.24, 2.45) is 0 Å². The quantitative estimate of drug-likeness (QED) is 0.632. The van der Waals surface area contributed by atoms with E-state index in [1.54, 1.807) is 12.5 Å². The lowest BCUT2D eigenvalue weighted by Crippen LogP contribution is -2.06. The molecule has 1 aromatic heterocycles. The van der Waals surface area contributed by atoms with Crippen LogP contribution in [0.3, 0.4) is 0 Å². The van der Waals surface area contributed by atoms with Crippen molar-refractivity contribution in [1.82, 2.24) is 9.55 Å². The molecule has 0 radical (unpaired) electrons. The zero-order valence-electron chi connectivity index (χ0n) is 6.32. The van der Waals surface area contributed by atoms with Crippen molar-refractivity contribution in [2.75, 3.05) is 0 Å². The highest BCUT2D eigenvalue weighted by Gasteiger charge is 1.92. The predicted octanol–water partition coefficient (Wildman–Crippen LogP) is 1.27. The summed E-state index contributed by atoms with van der Waals surface area (Å²) in [6.07, 6.45) is 5.64. The van der Waals surface area contributed by atoms with E-state index in [4.69, 9.17) is 4.74 Å². The highest BCUT2D eigenvalue weighted by atomic mass is 16.5. The molecular formula is C7H12N2O. The third-order valence-corrected chi connectivity index (χ3v) is 1.12. The van der Waals surface area contributed by atoms with Crippen LogP contribution in [-0.4, -0.2) is 15.7 Å². The fourth-order valence-electron chi connectivity index (χ4n) is 0.598. The molecule has 1 aromatic rings. The van der Waals surface area contributed by atoms with Crippen LogP contribution in [0.2, 0.25) is 0 Å². The van der Waals surface area contributed by atoms with Crippen molar-refractivity contribution < 1.29 is 4.74 Å². The summed E-state index contributed by atoms with van der Waals surface area (Å²) in [5.74, 6) is 0. The van der Waals surface area contributed by atoms with Crippen molar-refractivity contribution >= 4 is 0 Å². The third kappa shape index (κ3) is 2.19. The molecule has 0 N–H and O–H groups in total. The Bertz CT molecular complexity index is 170. The molecule has 0 unspecified atom stereocenters. The molecule has 3 heteroatoms. The topological polar surface area (TPSA) is 27.1 Å². The largest absolute Gasteiger partial charge is 0.358 e. The molecule has 0 bridgehead atoms. The second kappa shape index (κ2) is 3.37. The number of imidazole rings is 1. The Morgan fingerprint density at radius 1 is 1.60 bits per heavy atom. The summed E-state index contributed by atoms with van der Waals surface area (Å²) < 4.78 is 7.20. The lowest BCUT2D eigenvalue weighted by atomic mass is 10.5. The number of ether oxygens (including phenoxy) is 1. The van der Waals surface area contributed by atoms with Crippen molar-refractivity contribution in [1.29, 1.82) is 0 Å². The number of hydrogen-bond acceptors (Lipinski definition) is 2. The van der Waals surface area contributed by atoms with Crippen molar-refractivity contribution in [3.05, 3.63) is 18.7 Å². The Morgan fingerprint density at radius 2 is 2.40 bits per heavy atom. The smallest absolute Gasteiger partial charge is 0.124 e. The summed E-state index contributed by atoms with van der Waals surface area (Å²) in [5.41, 5.74) is 0. The first-order valence-electron chi connectivity index (χ1n) is 3.36. The van der Waals surface area contributed by atoms with Crippen molar-refractivity contribution in [2.45, 2.75) is 26.7 Å². The van der Waals surface area contributed by atoms with Gasteiger partial charge in [-0.05, 0) is 13.8 Å². The summed E-state index contributed by atoms with van der Waals surface area (Å²) in [6, 6.07) is 0. The van der Waals surface area contributed by atoms with Gasteiger partial charge in [0.2, 0.25) is 0 Å². The van der Waals surface area contributed by atoms with Gasteiger partial charge in [-0.2, -0.15) is 0 Å². The fraction of sp³-hybridized carbons (Fsp3) is 0.571. The van der Waals surface area contributed by atoms with E-state index in [2.05, 4.69) is 4.98 Å². The molecule has 0 aliphatic carbocycles. The minimum absolute atomic E-state index is 0.280. The monoisotopic (exact) mass is 140 g/mol. The molecule has 10 heavy (non-hydrogen) atoms. The average Bonchev–Trinajstić information content (AvgIpc) is 2.34. The second-order valence-electron chi connectivity index (χ2n) is 2.42. The molecule has 0 aliphatic heterocycles. The van der Waals surface area contributed by atoms with Crippen molar-refractivity contribution in [3.8, 4) is 0 Å². The normalized spacial score (nSPS) is 10.7. The summed E-state index contributed by atoms with van der Waals surface area (Å²) in [7, 11) is 0.